The van der Waals surface area contributed by atoms with E-state index in [9.17, 15) is 4.79 Å². The molecule has 3 aromatic carbocycles. The van der Waals surface area contributed by atoms with E-state index < -0.39 is 0 Å². The van der Waals surface area contributed by atoms with Crippen LogP contribution in [0.1, 0.15) is 5.56 Å². The predicted molar refractivity (Wildman–Crippen MR) is 112 cm³/mol. The molecule has 0 atom stereocenters. The zero-order valence-corrected chi connectivity index (χ0v) is 15.8. The van der Waals surface area contributed by atoms with Gasteiger partial charge in [0.2, 0.25) is 5.78 Å². The molecule has 0 saturated heterocycles. The summed E-state index contributed by atoms with van der Waals surface area (Å²) in [6.07, 6.45) is 0. The molecule has 0 fully saturated rings. The fourth-order valence-corrected chi connectivity index (χ4v) is 3.67. The van der Waals surface area contributed by atoms with Crippen molar-refractivity contribution in [2.45, 2.75) is 6.54 Å². The average molecular weight is 382 g/mol. The Morgan fingerprint density at radius 2 is 1.59 bits per heavy atom. The summed E-state index contributed by atoms with van der Waals surface area (Å²) in [6, 6.07) is 25.1. The summed E-state index contributed by atoms with van der Waals surface area (Å²) in [7, 11) is 1.63. The molecule has 2 aromatic heterocycles. The molecule has 5 rings (SSSR count). The molecule has 0 N–H and O–H groups in total. The third-order valence-corrected chi connectivity index (χ3v) is 5.04. The molecule has 0 aliphatic carbocycles. The van der Waals surface area contributed by atoms with Gasteiger partial charge in [0, 0.05) is 0 Å². The topological polar surface area (TPSA) is 61.4 Å². The predicted octanol–water partition coefficient (Wildman–Crippen LogP) is 3.77. The Bertz CT molecular complexity index is 1390. The van der Waals surface area contributed by atoms with Crippen LogP contribution in [-0.4, -0.2) is 26.3 Å². The van der Waals surface area contributed by atoms with Gasteiger partial charge in [-0.05, 0) is 29.8 Å². The monoisotopic (exact) mass is 382 g/mol. The first-order valence-corrected chi connectivity index (χ1v) is 9.32. The second-order valence-corrected chi connectivity index (χ2v) is 6.75. The lowest BCUT2D eigenvalue weighted by molar-refractivity contribution is 0.416. The lowest BCUT2D eigenvalue weighted by Gasteiger charge is -2.12. The maximum Gasteiger partial charge on any atom is 0.263 e. The van der Waals surface area contributed by atoms with Crippen LogP contribution >= 0.6 is 0 Å². The quantitative estimate of drug-likeness (QED) is 0.475. The molecule has 2 heterocycles. The second-order valence-electron chi connectivity index (χ2n) is 6.75. The van der Waals surface area contributed by atoms with E-state index in [0.717, 1.165) is 16.6 Å². The number of hydrogen-bond acceptors (Lipinski definition) is 4. The molecule has 5 aromatic rings. The van der Waals surface area contributed by atoms with Gasteiger partial charge in [-0.1, -0.05) is 54.6 Å². The van der Waals surface area contributed by atoms with Crippen molar-refractivity contribution in [1.29, 1.82) is 0 Å². The minimum Gasteiger partial charge on any atom is -0.496 e. The number of hydrogen-bond donors (Lipinski definition) is 0. The Morgan fingerprint density at radius 3 is 2.41 bits per heavy atom. The molecule has 0 spiro atoms. The average Bonchev–Trinajstić information content (AvgIpc) is 3.22. The zero-order valence-electron chi connectivity index (χ0n) is 15.8. The van der Waals surface area contributed by atoms with Gasteiger partial charge in [-0.2, -0.15) is 0 Å². The number of methoxy groups -OCH3 is 1. The maximum absolute atomic E-state index is 13.3. The summed E-state index contributed by atoms with van der Waals surface area (Å²) in [5.74, 6) is 1.83. The minimum atomic E-state index is -0.0871. The van der Waals surface area contributed by atoms with Crippen LogP contribution in [0.5, 0.6) is 5.75 Å². The van der Waals surface area contributed by atoms with E-state index in [2.05, 4.69) is 10.2 Å². The lowest BCUT2D eigenvalue weighted by atomic mass is 10.1. The summed E-state index contributed by atoms with van der Waals surface area (Å²) >= 11 is 0. The highest BCUT2D eigenvalue weighted by Gasteiger charge is 2.19. The lowest BCUT2D eigenvalue weighted by Crippen LogP contribution is -2.24. The number of fused-ring (bicyclic) bond motifs is 3. The second kappa shape index (κ2) is 6.91. The van der Waals surface area contributed by atoms with Crippen LogP contribution in [0.3, 0.4) is 0 Å². The van der Waals surface area contributed by atoms with Crippen molar-refractivity contribution in [1.82, 2.24) is 19.2 Å². The van der Waals surface area contributed by atoms with Gasteiger partial charge in [0.05, 0.1) is 30.1 Å². The van der Waals surface area contributed by atoms with Crippen molar-refractivity contribution in [3.8, 4) is 17.1 Å². The first kappa shape index (κ1) is 17.2. The van der Waals surface area contributed by atoms with Crippen LogP contribution in [0.4, 0.5) is 0 Å². The molecular formula is C23H18N4O2. The van der Waals surface area contributed by atoms with Crippen LogP contribution in [0.25, 0.3) is 28.1 Å². The molecule has 0 amide bonds. The van der Waals surface area contributed by atoms with Crippen LogP contribution < -0.4 is 10.3 Å². The Morgan fingerprint density at radius 1 is 0.862 bits per heavy atom. The SMILES string of the molecule is COc1ccccc1-c1nnc2n(Cc3ccccc3)c(=O)c3ccccc3n12. The van der Waals surface area contributed by atoms with Crippen molar-refractivity contribution in [2.24, 2.45) is 0 Å². The summed E-state index contributed by atoms with van der Waals surface area (Å²) in [5, 5.41) is 9.46. The fourth-order valence-electron chi connectivity index (χ4n) is 3.67. The number of rotatable bonds is 4. The number of benzene rings is 3. The van der Waals surface area contributed by atoms with Gasteiger partial charge in [-0.3, -0.25) is 13.8 Å². The third kappa shape index (κ3) is 2.77. The van der Waals surface area contributed by atoms with Crippen LogP contribution in [0.2, 0.25) is 0 Å². The Balaban J connectivity index is 1.86. The summed E-state index contributed by atoms with van der Waals surface area (Å²) in [6.45, 7) is 0.415. The van der Waals surface area contributed by atoms with Crippen LogP contribution in [-0.2, 0) is 6.54 Å². The fraction of sp³-hybridized carbons (Fsp3) is 0.0870. The maximum atomic E-state index is 13.3. The van der Waals surface area contributed by atoms with Gasteiger partial charge < -0.3 is 4.74 Å². The van der Waals surface area contributed by atoms with Crippen molar-refractivity contribution >= 4 is 16.7 Å². The highest BCUT2D eigenvalue weighted by Crippen LogP contribution is 2.30. The van der Waals surface area contributed by atoms with Crippen molar-refractivity contribution in [3.63, 3.8) is 0 Å². The molecule has 0 aliphatic rings. The highest BCUT2D eigenvalue weighted by atomic mass is 16.5. The molecule has 0 bridgehead atoms. The van der Waals surface area contributed by atoms with E-state index in [4.69, 9.17) is 4.74 Å². The molecule has 0 radical (unpaired) electrons. The molecule has 0 aliphatic heterocycles. The van der Waals surface area contributed by atoms with Crippen LogP contribution in [0, 0.1) is 0 Å². The van der Waals surface area contributed by atoms with Gasteiger partial charge in [-0.25, -0.2) is 0 Å². The molecule has 0 unspecified atom stereocenters. The normalized spacial score (nSPS) is 11.2. The van der Waals surface area contributed by atoms with Crippen LogP contribution in [0.15, 0.2) is 83.7 Å². The number of aromatic nitrogens is 4. The van der Waals surface area contributed by atoms with Crippen molar-refractivity contribution < 1.29 is 4.74 Å². The van der Waals surface area contributed by atoms with E-state index in [-0.39, 0.29) is 5.56 Å². The molecule has 0 saturated carbocycles. The summed E-state index contributed by atoms with van der Waals surface area (Å²) in [4.78, 5) is 13.3. The first-order chi connectivity index (χ1) is 14.3. The Hall–Kier alpha value is -3.93. The van der Waals surface area contributed by atoms with Gasteiger partial charge in [0.15, 0.2) is 5.82 Å². The highest BCUT2D eigenvalue weighted by molar-refractivity contribution is 5.83. The van der Waals surface area contributed by atoms with E-state index in [1.54, 1.807) is 11.7 Å². The van der Waals surface area contributed by atoms with Crippen molar-refractivity contribution in [2.75, 3.05) is 7.11 Å². The standard InChI is InChI=1S/C23H18N4O2/c1-29-20-14-8-6-12-18(20)21-24-25-23-26(15-16-9-3-2-4-10-16)22(28)17-11-5-7-13-19(17)27(21)23/h2-14H,15H2,1H3. The smallest absolute Gasteiger partial charge is 0.263 e. The van der Waals surface area contributed by atoms with Gasteiger partial charge in [-0.15, -0.1) is 10.2 Å². The Labute approximate surface area is 166 Å². The van der Waals surface area contributed by atoms with E-state index in [1.807, 2.05) is 83.3 Å². The van der Waals surface area contributed by atoms with E-state index in [0.29, 0.717) is 29.3 Å². The molecule has 142 valence electrons. The molecule has 6 nitrogen and oxygen atoms in total. The van der Waals surface area contributed by atoms with Gasteiger partial charge in [0.1, 0.15) is 5.75 Å². The number of nitrogens with zero attached hydrogens (tertiary/aromatic N) is 4. The number of para-hydroxylation sites is 2. The summed E-state index contributed by atoms with van der Waals surface area (Å²) < 4.78 is 9.13. The van der Waals surface area contributed by atoms with Gasteiger partial charge >= 0.3 is 0 Å². The molecule has 29 heavy (non-hydrogen) atoms. The molecular weight excluding hydrogens is 364 g/mol. The largest absolute Gasteiger partial charge is 0.496 e. The minimum absolute atomic E-state index is 0.0871. The van der Waals surface area contributed by atoms with Crippen molar-refractivity contribution in [3.05, 3.63) is 94.8 Å². The van der Waals surface area contributed by atoms with Gasteiger partial charge in [0.25, 0.3) is 5.56 Å². The number of ether oxygens (including phenoxy) is 1. The third-order valence-electron chi connectivity index (χ3n) is 5.04. The van der Waals surface area contributed by atoms with E-state index >= 15 is 0 Å². The zero-order chi connectivity index (χ0) is 19.8. The van der Waals surface area contributed by atoms with E-state index in [1.165, 1.54) is 0 Å². The first-order valence-electron chi connectivity index (χ1n) is 9.32. The Kier molecular flexibility index (Phi) is 4.09. The molecule has 6 heteroatoms. The summed E-state index contributed by atoms with van der Waals surface area (Å²) in [5.41, 5.74) is 2.52.